The highest BCUT2D eigenvalue weighted by Gasteiger charge is 2.41. The lowest BCUT2D eigenvalue weighted by atomic mass is 9.96. The van der Waals surface area contributed by atoms with Gasteiger partial charge in [0.05, 0.1) is 0 Å². The molecule has 0 aliphatic rings. The standard InChI is InChI=1S/C14H17FN2O/c1-3-17(4-2)13(18)14(15,11-16)10-12-8-6-5-7-9-12/h5-9H,3-4,10H2,1-2H3. The molecule has 18 heavy (non-hydrogen) atoms. The summed E-state index contributed by atoms with van der Waals surface area (Å²) in [6.45, 7) is 4.33. The molecule has 0 bridgehead atoms. The van der Waals surface area contributed by atoms with E-state index in [1.165, 1.54) is 11.0 Å². The Morgan fingerprint density at radius 3 is 2.33 bits per heavy atom. The van der Waals surface area contributed by atoms with Crippen LogP contribution < -0.4 is 0 Å². The first kappa shape index (κ1) is 14.2. The number of nitriles is 1. The molecule has 1 unspecified atom stereocenters. The van der Waals surface area contributed by atoms with Crippen LogP contribution in [0.1, 0.15) is 19.4 Å². The number of nitrogens with zero attached hydrogens (tertiary/aromatic N) is 2. The van der Waals surface area contributed by atoms with Gasteiger partial charge in [0.1, 0.15) is 6.07 Å². The maximum Gasteiger partial charge on any atom is 0.277 e. The summed E-state index contributed by atoms with van der Waals surface area (Å²) in [6.07, 6.45) is -0.209. The maximum atomic E-state index is 14.5. The number of carbonyl (C=O) groups excluding carboxylic acids is 1. The number of hydrogen-bond acceptors (Lipinski definition) is 2. The number of amides is 1. The van der Waals surface area contributed by atoms with Gasteiger partial charge in [0.25, 0.3) is 11.6 Å². The van der Waals surface area contributed by atoms with Crippen LogP contribution in [-0.2, 0) is 11.2 Å². The van der Waals surface area contributed by atoms with Crippen molar-refractivity contribution in [3.05, 3.63) is 35.9 Å². The summed E-state index contributed by atoms with van der Waals surface area (Å²) in [4.78, 5) is 13.3. The first-order valence-electron chi connectivity index (χ1n) is 6.00. The van der Waals surface area contributed by atoms with Crippen LogP contribution in [0.25, 0.3) is 0 Å². The Kier molecular flexibility index (Phi) is 4.85. The highest BCUT2D eigenvalue weighted by atomic mass is 19.1. The Morgan fingerprint density at radius 1 is 1.33 bits per heavy atom. The first-order valence-corrected chi connectivity index (χ1v) is 6.00. The molecule has 1 atom stereocenters. The topological polar surface area (TPSA) is 44.1 Å². The van der Waals surface area contributed by atoms with Gasteiger partial charge in [0.15, 0.2) is 0 Å². The Balaban J connectivity index is 2.93. The molecule has 0 saturated carbocycles. The van der Waals surface area contributed by atoms with E-state index >= 15 is 0 Å². The smallest absolute Gasteiger partial charge is 0.277 e. The van der Waals surface area contributed by atoms with E-state index in [4.69, 9.17) is 5.26 Å². The van der Waals surface area contributed by atoms with Crippen molar-refractivity contribution < 1.29 is 9.18 Å². The van der Waals surface area contributed by atoms with E-state index < -0.39 is 11.6 Å². The van der Waals surface area contributed by atoms with E-state index in [2.05, 4.69) is 0 Å². The van der Waals surface area contributed by atoms with Crippen LogP contribution in [0.5, 0.6) is 0 Å². The third-order valence-corrected chi connectivity index (χ3v) is 2.86. The van der Waals surface area contributed by atoms with Crippen molar-refractivity contribution in [1.82, 2.24) is 4.90 Å². The number of carbonyl (C=O) groups is 1. The quantitative estimate of drug-likeness (QED) is 0.802. The molecule has 0 aromatic heterocycles. The van der Waals surface area contributed by atoms with E-state index in [9.17, 15) is 9.18 Å². The summed E-state index contributed by atoms with van der Waals surface area (Å²) >= 11 is 0. The van der Waals surface area contributed by atoms with Gasteiger partial charge in [0, 0.05) is 19.5 Å². The van der Waals surface area contributed by atoms with Crippen molar-refractivity contribution in [2.75, 3.05) is 13.1 Å². The lowest BCUT2D eigenvalue weighted by Gasteiger charge is -2.25. The van der Waals surface area contributed by atoms with Gasteiger partial charge in [-0.05, 0) is 19.4 Å². The molecule has 0 aliphatic carbocycles. The number of alkyl halides is 1. The van der Waals surface area contributed by atoms with Crippen LogP contribution in [0.4, 0.5) is 4.39 Å². The lowest BCUT2D eigenvalue weighted by Crippen LogP contribution is -2.46. The van der Waals surface area contributed by atoms with Gasteiger partial charge in [0.2, 0.25) is 0 Å². The molecule has 0 N–H and O–H groups in total. The van der Waals surface area contributed by atoms with Crippen LogP contribution in [0.2, 0.25) is 0 Å². The van der Waals surface area contributed by atoms with Crippen molar-refractivity contribution >= 4 is 5.91 Å². The molecular weight excluding hydrogens is 231 g/mol. The summed E-state index contributed by atoms with van der Waals surface area (Å²) in [5.74, 6) is -0.751. The van der Waals surface area contributed by atoms with E-state index in [-0.39, 0.29) is 6.42 Å². The molecule has 1 aromatic rings. The minimum atomic E-state index is -2.48. The van der Waals surface area contributed by atoms with Crippen molar-refractivity contribution in [3.8, 4) is 6.07 Å². The SMILES string of the molecule is CCN(CC)C(=O)C(F)(C#N)Cc1ccccc1. The largest absolute Gasteiger partial charge is 0.340 e. The molecule has 0 aliphatic heterocycles. The molecule has 0 fully saturated rings. The molecule has 1 aromatic carbocycles. The normalized spacial score (nSPS) is 13.4. The second-order valence-corrected chi connectivity index (χ2v) is 4.05. The summed E-state index contributed by atoms with van der Waals surface area (Å²) in [5.41, 5.74) is -1.84. The molecule has 0 saturated heterocycles. The highest BCUT2D eigenvalue weighted by molar-refractivity contribution is 5.88. The summed E-state index contributed by atoms with van der Waals surface area (Å²) < 4.78 is 14.5. The van der Waals surface area contributed by atoms with Gasteiger partial charge in [-0.25, -0.2) is 4.39 Å². The molecule has 4 heteroatoms. The summed E-state index contributed by atoms with van der Waals surface area (Å²) in [6, 6.07) is 10.3. The fourth-order valence-electron chi connectivity index (χ4n) is 1.80. The second kappa shape index (κ2) is 6.15. The zero-order valence-electron chi connectivity index (χ0n) is 10.7. The third kappa shape index (κ3) is 3.07. The van der Waals surface area contributed by atoms with Gasteiger partial charge in [-0.1, -0.05) is 30.3 Å². The van der Waals surface area contributed by atoms with Crippen molar-refractivity contribution in [3.63, 3.8) is 0 Å². The third-order valence-electron chi connectivity index (χ3n) is 2.86. The Bertz CT molecular complexity index is 437. The summed E-state index contributed by atoms with van der Waals surface area (Å²) in [5, 5.41) is 8.98. The zero-order chi connectivity index (χ0) is 13.6. The molecule has 0 spiro atoms. The minimum absolute atomic E-state index is 0.209. The Hall–Kier alpha value is -1.89. The maximum absolute atomic E-state index is 14.5. The average Bonchev–Trinajstić information content (AvgIpc) is 2.41. The van der Waals surface area contributed by atoms with Crippen LogP contribution >= 0.6 is 0 Å². The highest BCUT2D eigenvalue weighted by Crippen LogP contribution is 2.20. The van der Waals surface area contributed by atoms with Crippen LogP contribution in [0.3, 0.4) is 0 Å². The Morgan fingerprint density at radius 2 is 1.89 bits per heavy atom. The molecule has 0 heterocycles. The number of hydrogen-bond donors (Lipinski definition) is 0. The average molecular weight is 248 g/mol. The molecule has 3 nitrogen and oxygen atoms in total. The Labute approximate surface area is 107 Å². The molecular formula is C14H17FN2O. The lowest BCUT2D eigenvalue weighted by molar-refractivity contribution is -0.140. The number of halogens is 1. The van der Waals surface area contributed by atoms with Gasteiger partial charge in [-0.3, -0.25) is 4.79 Å². The van der Waals surface area contributed by atoms with Crippen LogP contribution in [0.15, 0.2) is 30.3 Å². The van der Waals surface area contributed by atoms with Crippen LogP contribution in [-0.4, -0.2) is 29.6 Å². The fourth-order valence-corrected chi connectivity index (χ4v) is 1.80. The number of rotatable bonds is 5. The van der Waals surface area contributed by atoms with Gasteiger partial charge in [-0.2, -0.15) is 5.26 Å². The van der Waals surface area contributed by atoms with Gasteiger partial charge in [-0.15, -0.1) is 0 Å². The van der Waals surface area contributed by atoms with E-state index in [0.717, 1.165) is 0 Å². The van der Waals surface area contributed by atoms with E-state index in [1.807, 2.05) is 6.07 Å². The molecule has 1 amide bonds. The van der Waals surface area contributed by atoms with E-state index in [1.54, 1.807) is 38.1 Å². The summed E-state index contributed by atoms with van der Waals surface area (Å²) in [7, 11) is 0. The van der Waals surface area contributed by atoms with Gasteiger partial charge >= 0.3 is 0 Å². The monoisotopic (exact) mass is 248 g/mol. The zero-order valence-corrected chi connectivity index (χ0v) is 10.7. The number of benzene rings is 1. The predicted octanol–water partition coefficient (Wildman–Crippen LogP) is 2.33. The minimum Gasteiger partial charge on any atom is -0.340 e. The first-order chi connectivity index (χ1) is 8.57. The van der Waals surface area contributed by atoms with Crippen molar-refractivity contribution in [2.45, 2.75) is 25.9 Å². The second-order valence-electron chi connectivity index (χ2n) is 4.05. The van der Waals surface area contributed by atoms with Crippen molar-refractivity contribution in [2.24, 2.45) is 0 Å². The predicted molar refractivity (Wildman–Crippen MR) is 67.5 cm³/mol. The van der Waals surface area contributed by atoms with Crippen LogP contribution in [0, 0.1) is 11.3 Å². The fraction of sp³-hybridized carbons (Fsp3) is 0.429. The van der Waals surface area contributed by atoms with E-state index in [0.29, 0.717) is 18.7 Å². The van der Waals surface area contributed by atoms with Gasteiger partial charge < -0.3 is 4.90 Å². The molecule has 0 radical (unpaired) electrons. The molecule has 1 rings (SSSR count). The van der Waals surface area contributed by atoms with Crippen molar-refractivity contribution in [1.29, 1.82) is 5.26 Å². The molecule has 96 valence electrons.